The van der Waals surface area contributed by atoms with Gasteiger partial charge in [0, 0.05) is 30.6 Å². The monoisotopic (exact) mass is 264 g/mol. The van der Waals surface area contributed by atoms with Crippen molar-refractivity contribution in [3.05, 3.63) is 11.4 Å². The first-order valence-electron chi connectivity index (χ1n) is 7.05. The molecule has 1 N–H and O–H groups in total. The molecule has 108 valence electrons. The number of nitrogens with one attached hydrogen (secondary N) is 1. The lowest BCUT2D eigenvalue weighted by Crippen LogP contribution is -2.33. The summed E-state index contributed by atoms with van der Waals surface area (Å²) in [6, 6.07) is 0.427. The van der Waals surface area contributed by atoms with E-state index in [4.69, 9.17) is 4.98 Å². The molecule has 1 heterocycles. The highest BCUT2D eigenvalue weighted by atomic mass is 15.2. The Hall–Kier alpha value is -1.32. The molecule has 0 aliphatic heterocycles. The molecule has 0 bridgehead atoms. The third-order valence-corrected chi connectivity index (χ3v) is 3.26. The average molecular weight is 264 g/mol. The smallest absolute Gasteiger partial charge is 0.138 e. The number of anilines is 2. The van der Waals surface area contributed by atoms with E-state index in [0.717, 1.165) is 29.6 Å². The Kier molecular flexibility index (Phi) is 4.77. The Morgan fingerprint density at radius 3 is 2.16 bits per heavy atom. The van der Waals surface area contributed by atoms with Crippen LogP contribution >= 0.6 is 0 Å². The first-order valence-corrected chi connectivity index (χ1v) is 7.05. The summed E-state index contributed by atoms with van der Waals surface area (Å²) >= 11 is 0. The summed E-state index contributed by atoms with van der Waals surface area (Å²) in [6.07, 6.45) is 0. The minimum Gasteiger partial charge on any atom is -0.373 e. The van der Waals surface area contributed by atoms with E-state index in [1.54, 1.807) is 0 Å². The fourth-order valence-electron chi connectivity index (χ4n) is 2.12. The molecule has 0 fully saturated rings. The van der Waals surface area contributed by atoms with Gasteiger partial charge in [-0.05, 0) is 27.7 Å². The number of rotatable bonds is 4. The van der Waals surface area contributed by atoms with Crippen LogP contribution in [0.3, 0.4) is 0 Å². The lowest BCUT2D eigenvalue weighted by atomic mass is 9.95. The molecule has 4 nitrogen and oxygen atoms in total. The van der Waals surface area contributed by atoms with Crippen LogP contribution < -0.4 is 10.2 Å². The summed E-state index contributed by atoms with van der Waals surface area (Å²) in [6.45, 7) is 16.0. The van der Waals surface area contributed by atoms with E-state index >= 15 is 0 Å². The van der Waals surface area contributed by atoms with E-state index < -0.39 is 0 Å². The first-order chi connectivity index (χ1) is 8.72. The summed E-state index contributed by atoms with van der Waals surface area (Å²) in [5.74, 6) is 2.85. The Morgan fingerprint density at radius 1 is 1.21 bits per heavy atom. The molecule has 0 spiro atoms. The number of nitrogens with zero attached hydrogens (tertiary/aromatic N) is 3. The molecular weight excluding hydrogens is 236 g/mol. The van der Waals surface area contributed by atoms with Crippen LogP contribution in [0.2, 0.25) is 0 Å². The topological polar surface area (TPSA) is 41.1 Å². The zero-order valence-electron chi connectivity index (χ0n) is 13.6. The standard InChI is InChI=1S/C15H28N4/c1-9-19(10(2)3)13-11(4)12(16-8)17-14(18-13)15(5,6)7/h10H,9H2,1-8H3,(H,16,17,18). The van der Waals surface area contributed by atoms with E-state index in [1.165, 1.54) is 0 Å². The molecule has 0 saturated carbocycles. The molecular formula is C15H28N4. The van der Waals surface area contributed by atoms with E-state index in [1.807, 2.05) is 7.05 Å². The molecule has 0 saturated heterocycles. The van der Waals surface area contributed by atoms with Gasteiger partial charge in [-0.25, -0.2) is 9.97 Å². The van der Waals surface area contributed by atoms with Crippen LogP contribution in [0, 0.1) is 6.92 Å². The van der Waals surface area contributed by atoms with Crippen LogP contribution in [0.15, 0.2) is 0 Å². The lowest BCUT2D eigenvalue weighted by molar-refractivity contribution is 0.542. The molecule has 4 heteroatoms. The SMILES string of the molecule is CCN(c1nc(C(C)(C)C)nc(NC)c1C)C(C)C. The van der Waals surface area contributed by atoms with E-state index in [2.05, 4.69) is 63.7 Å². The van der Waals surface area contributed by atoms with Gasteiger partial charge in [0.05, 0.1) is 0 Å². The van der Waals surface area contributed by atoms with Crippen molar-refractivity contribution in [3.8, 4) is 0 Å². The Bertz CT molecular complexity index is 433. The lowest BCUT2D eigenvalue weighted by Gasteiger charge is -2.30. The predicted octanol–water partition coefficient (Wildman–Crippen LogP) is 3.36. The second-order valence-electron chi connectivity index (χ2n) is 6.22. The molecule has 1 aromatic heterocycles. The van der Waals surface area contributed by atoms with Crippen LogP contribution in [0.1, 0.15) is 52.9 Å². The first kappa shape index (κ1) is 15.7. The highest BCUT2D eigenvalue weighted by Gasteiger charge is 2.23. The van der Waals surface area contributed by atoms with E-state index in [0.29, 0.717) is 6.04 Å². The molecule has 19 heavy (non-hydrogen) atoms. The predicted molar refractivity (Wildman–Crippen MR) is 83.2 cm³/mol. The second kappa shape index (κ2) is 5.76. The third-order valence-electron chi connectivity index (χ3n) is 3.26. The molecule has 0 radical (unpaired) electrons. The fourth-order valence-corrected chi connectivity index (χ4v) is 2.12. The Morgan fingerprint density at radius 2 is 1.79 bits per heavy atom. The van der Waals surface area contributed by atoms with Crippen LogP contribution in [-0.2, 0) is 5.41 Å². The summed E-state index contributed by atoms with van der Waals surface area (Å²) in [4.78, 5) is 11.8. The van der Waals surface area contributed by atoms with E-state index in [9.17, 15) is 0 Å². The van der Waals surface area contributed by atoms with Gasteiger partial charge in [0.25, 0.3) is 0 Å². The van der Waals surface area contributed by atoms with Gasteiger partial charge < -0.3 is 10.2 Å². The van der Waals surface area contributed by atoms with Crippen LogP contribution in [0.4, 0.5) is 11.6 Å². The maximum Gasteiger partial charge on any atom is 0.138 e. The second-order valence-corrected chi connectivity index (χ2v) is 6.22. The average Bonchev–Trinajstić information content (AvgIpc) is 2.30. The van der Waals surface area contributed by atoms with Gasteiger partial charge in [-0.15, -0.1) is 0 Å². The van der Waals surface area contributed by atoms with Crippen molar-refractivity contribution in [1.82, 2.24) is 9.97 Å². The largest absolute Gasteiger partial charge is 0.373 e. The zero-order chi connectivity index (χ0) is 14.8. The minimum atomic E-state index is -0.0511. The summed E-state index contributed by atoms with van der Waals surface area (Å²) < 4.78 is 0. The third kappa shape index (κ3) is 3.37. The van der Waals surface area contributed by atoms with Gasteiger partial charge in [0.1, 0.15) is 17.5 Å². The summed E-state index contributed by atoms with van der Waals surface area (Å²) in [5, 5.41) is 3.19. The quantitative estimate of drug-likeness (QED) is 0.905. The van der Waals surface area contributed by atoms with Crippen molar-refractivity contribution in [3.63, 3.8) is 0 Å². The van der Waals surface area contributed by atoms with Crippen molar-refractivity contribution >= 4 is 11.6 Å². The Balaban J connectivity index is 3.45. The van der Waals surface area contributed by atoms with Gasteiger partial charge in [0.15, 0.2) is 0 Å². The van der Waals surface area contributed by atoms with E-state index in [-0.39, 0.29) is 5.41 Å². The molecule has 1 rings (SSSR count). The molecule has 0 amide bonds. The molecule has 0 aliphatic rings. The molecule has 0 atom stereocenters. The van der Waals surface area contributed by atoms with Gasteiger partial charge >= 0.3 is 0 Å². The van der Waals surface area contributed by atoms with Crippen LogP contribution in [0.25, 0.3) is 0 Å². The highest BCUT2D eigenvalue weighted by molar-refractivity contribution is 5.59. The van der Waals surface area contributed by atoms with Crippen molar-refractivity contribution in [1.29, 1.82) is 0 Å². The molecule has 0 aliphatic carbocycles. The van der Waals surface area contributed by atoms with Gasteiger partial charge in [-0.3, -0.25) is 0 Å². The number of hydrogen-bond donors (Lipinski definition) is 1. The Labute approximate surface area is 117 Å². The number of hydrogen-bond acceptors (Lipinski definition) is 4. The van der Waals surface area contributed by atoms with Gasteiger partial charge in [0.2, 0.25) is 0 Å². The van der Waals surface area contributed by atoms with Gasteiger partial charge in [-0.2, -0.15) is 0 Å². The maximum absolute atomic E-state index is 4.82. The summed E-state index contributed by atoms with van der Waals surface area (Å²) in [5.41, 5.74) is 1.07. The van der Waals surface area contributed by atoms with Crippen molar-refractivity contribution < 1.29 is 0 Å². The summed E-state index contributed by atoms with van der Waals surface area (Å²) in [7, 11) is 1.91. The van der Waals surface area contributed by atoms with Gasteiger partial charge in [-0.1, -0.05) is 20.8 Å². The fraction of sp³-hybridized carbons (Fsp3) is 0.733. The minimum absolute atomic E-state index is 0.0511. The molecule has 0 unspecified atom stereocenters. The molecule has 0 aromatic carbocycles. The van der Waals surface area contributed by atoms with Crippen molar-refractivity contribution in [2.75, 3.05) is 23.8 Å². The molecule has 1 aromatic rings. The maximum atomic E-state index is 4.82. The normalized spacial score (nSPS) is 11.8. The number of aromatic nitrogens is 2. The highest BCUT2D eigenvalue weighted by Crippen LogP contribution is 2.29. The van der Waals surface area contributed by atoms with Crippen molar-refractivity contribution in [2.45, 2.75) is 59.9 Å². The zero-order valence-corrected chi connectivity index (χ0v) is 13.6. The van der Waals surface area contributed by atoms with Crippen LogP contribution in [0.5, 0.6) is 0 Å². The van der Waals surface area contributed by atoms with Crippen molar-refractivity contribution in [2.24, 2.45) is 0 Å². The van der Waals surface area contributed by atoms with Crippen LogP contribution in [-0.4, -0.2) is 29.6 Å².